The third-order valence-corrected chi connectivity index (χ3v) is 3.31. The van der Waals surface area contributed by atoms with Crippen LogP contribution in [0, 0.1) is 6.92 Å². The molecule has 2 aromatic rings. The highest BCUT2D eigenvalue weighted by molar-refractivity contribution is 6.42. The van der Waals surface area contributed by atoms with E-state index in [9.17, 15) is 9.90 Å². The number of hydrogen-bond donors (Lipinski definition) is 2. The Morgan fingerprint density at radius 3 is 2.53 bits per heavy atom. The zero-order valence-electron chi connectivity index (χ0n) is 10.1. The molecule has 0 aliphatic rings. The minimum Gasteiger partial charge on any atom is -0.507 e. The van der Waals surface area contributed by atoms with Crippen molar-refractivity contribution in [2.45, 2.75) is 6.92 Å². The predicted octanol–water partition coefficient (Wildman–Crippen LogP) is 4.26. The van der Waals surface area contributed by atoms with Crippen molar-refractivity contribution >= 4 is 34.8 Å². The third-order valence-electron chi connectivity index (χ3n) is 2.57. The van der Waals surface area contributed by atoms with Crippen molar-refractivity contribution in [3.63, 3.8) is 0 Å². The summed E-state index contributed by atoms with van der Waals surface area (Å²) in [4.78, 5) is 12.0. The molecule has 2 N–H and O–H groups in total. The van der Waals surface area contributed by atoms with Gasteiger partial charge in [0.15, 0.2) is 0 Å². The van der Waals surface area contributed by atoms with Gasteiger partial charge in [-0.1, -0.05) is 34.8 Å². The minimum absolute atomic E-state index is 0.0665. The van der Waals surface area contributed by atoms with E-state index < -0.39 is 5.91 Å². The van der Waals surface area contributed by atoms with Gasteiger partial charge in [0.05, 0.1) is 15.6 Å². The summed E-state index contributed by atoms with van der Waals surface area (Å²) in [5, 5.41) is 13.1. The monoisotopic (exact) mass is 295 g/mol. The van der Waals surface area contributed by atoms with Gasteiger partial charge in [-0.05, 0) is 37.3 Å². The number of rotatable bonds is 2. The molecule has 0 saturated heterocycles. The van der Waals surface area contributed by atoms with Crippen molar-refractivity contribution in [1.29, 1.82) is 0 Å². The molecule has 1 amide bonds. The molecule has 2 rings (SSSR count). The maximum Gasteiger partial charge on any atom is 0.259 e. The van der Waals surface area contributed by atoms with Crippen molar-refractivity contribution < 1.29 is 9.90 Å². The van der Waals surface area contributed by atoms with Gasteiger partial charge >= 0.3 is 0 Å². The summed E-state index contributed by atoms with van der Waals surface area (Å²) in [6.07, 6.45) is 0. The number of benzene rings is 2. The Balaban J connectivity index is 2.25. The van der Waals surface area contributed by atoms with Gasteiger partial charge in [-0.2, -0.15) is 0 Å². The molecule has 3 nitrogen and oxygen atoms in total. The van der Waals surface area contributed by atoms with Gasteiger partial charge in [-0.15, -0.1) is 0 Å². The first kappa shape index (κ1) is 13.7. The zero-order valence-corrected chi connectivity index (χ0v) is 11.6. The fourth-order valence-electron chi connectivity index (χ4n) is 1.60. The number of phenolic OH excluding ortho intramolecular Hbond substituents is 1. The van der Waals surface area contributed by atoms with Crippen LogP contribution in [-0.4, -0.2) is 11.0 Å². The summed E-state index contributed by atoms with van der Waals surface area (Å²) in [6, 6.07) is 9.61. The van der Waals surface area contributed by atoms with Crippen molar-refractivity contribution in [1.82, 2.24) is 0 Å². The van der Waals surface area contributed by atoms with E-state index in [1.807, 2.05) is 6.92 Å². The van der Waals surface area contributed by atoms with E-state index in [0.717, 1.165) is 5.56 Å². The molecular weight excluding hydrogens is 285 g/mol. The Labute approximate surface area is 120 Å². The van der Waals surface area contributed by atoms with Crippen molar-refractivity contribution in [2.75, 3.05) is 5.32 Å². The Morgan fingerprint density at radius 2 is 1.84 bits per heavy atom. The van der Waals surface area contributed by atoms with E-state index in [0.29, 0.717) is 15.7 Å². The second-order valence-corrected chi connectivity index (χ2v) is 4.92. The van der Waals surface area contributed by atoms with E-state index in [1.165, 1.54) is 6.07 Å². The summed E-state index contributed by atoms with van der Waals surface area (Å²) >= 11 is 11.7. The Kier molecular flexibility index (Phi) is 3.98. The maximum atomic E-state index is 12.0. The molecule has 0 heterocycles. The summed E-state index contributed by atoms with van der Waals surface area (Å²) in [5.41, 5.74) is 1.61. The predicted molar refractivity (Wildman–Crippen MR) is 77.3 cm³/mol. The van der Waals surface area contributed by atoms with Crippen LogP contribution in [0.25, 0.3) is 0 Å². The number of amides is 1. The quantitative estimate of drug-likeness (QED) is 0.870. The zero-order chi connectivity index (χ0) is 14.0. The Bertz CT molecular complexity index is 641. The second-order valence-electron chi connectivity index (χ2n) is 4.10. The Morgan fingerprint density at radius 1 is 1.11 bits per heavy atom. The van der Waals surface area contributed by atoms with E-state index in [2.05, 4.69) is 5.32 Å². The first-order valence-electron chi connectivity index (χ1n) is 5.53. The lowest BCUT2D eigenvalue weighted by molar-refractivity contribution is 0.102. The average Bonchev–Trinajstić information content (AvgIpc) is 2.36. The van der Waals surface area contributed by atoms with Crippen molar-refractivity contribution in [3.8, 4) is 5.75 Å². The number of carbonyl (C=O) groups is 1. The number of anilines is 1. The van der Waals surface area contributed by atoms with Crippen LogP contribution in [0.15, 0.2) is 36.4 Å². The highest BCUT2D eigenvalue weighted by Crippen LogP contribution is 2.26. The normalized spacial score (nSPS) is 10.3. The van der Waals surface area contributed by atoms with Crippen LogP contribution in [0.2, 0.25) is 10.0 Å². The minimum atomic E-state index is -0.403. The van der Waals surface area contributed by atoms with Gasteiger partial charge in [0.1, 0.15) is 5.75 Å². The smallest absolute Gasteiger partial charge is 0.259 e. The van der Waals surface area contributed by atoms with Gasteiger partial charge in [-0.3, -0.25) is 4.79 Å². The molecule has 0 fully saturated rings. The van der Waals surface area contributed by atoms with E-state index in [-0.39, 0.29) is 11.3 Å². The van der Waals surface area contributed by atoms with Gasteiger partial charge in [0.25, 0.3) is 5.91 Å². The molecule has 0 saturated carbocycles. The topological polar surface area (TPSA) is 49.3 Å². The van der Waals surface area contributed by atoms with E-state index >= 15 is 0 Å². The van der Waals surface area contributed by atoms with E-state index in [1.54, 1.807) is 30.3 Å². The SMILES string of the molecule is Cc1ccc(O)c(C(=O)Nc2ccc(Cl)c(Cl)c2)c1. The molecule has 0 aliphatic heterocycles. The van der Waals surface area contributed by atoms with Crippen molar-refractivity contribution in [2.24, 2.45) is 0 Å². The lowest BCUT2D eigenvalue weighted by Crippen LogP contribution is -2.12. The third kappa shape index (κ3) is 3.19. The first-order chi connectivity index (χ1) is 8.97. The van der Waals surface area contributed by atoms with Crippen LogP contribution in [-0.2, 0) is 0 Å². The number of nitrogens with one attached hydrogen (secondary N) is 1. The number of phenols is 1. The molecular formula is C14H11Cl2NO2. The summed E-state index contributed by atoms with van der Waals surface area (Å²) in [7, 11) is 0. The average molecular weight is 296 g/mol. The van der Waals surface area contributed by atoms with Crippen LogP contribution in [0.1, 0.15) is 15.9 Å². The maximum absolute atomic E-state index is 12.0. The van der Waals surface area contributed by atoms with Crippen LogP contribution < -0.4 is 5.32 Å². The molecule has 0 spiro atoms. The molecule has 98 valence electrons. The fourth-order valence-corrected chi connectivity index (χ4v) is 1.90. The van der Waals surface area contributed by atoms with E-state index in [4.69, 9.17) is 23.2 Å². The summed E-state index contributed by atoms with van der Waals surface area (Å²) in [6.45, 7) is 1.84. The van der Waals surface area contributed by atoms with Crippen LogP contribution in [0.3, 0.4) is 0 Å². The van der Waals surface area contributed by atoms with Crippen LogP contribution >= 0.6 is 23.2 Å². The van der Waals surface area contributed by atoms with Crippen LogP contribution in [0.5, 0.6) is 5.75 Å². The number of aromatic hydroxyl groups is 1. The molecule has 0 aliphatic carbocycles. The lowest BCUT2D eigenvalue weighted by Gasteiger charge is -2.08. The van der Waals surface area contributed by atoms with Gasteiger partial charge in [0, 0.05) is 5.69 Å². The van der Waals surface area contributed by atoms with Gasteiger partial charge < -0.3 is 10.4 Å². The number of carbonyl (C=O) groups excluding carboxylic acids is 1. The molecule has 2 aromatic carbocycles. The Hall–Kier alpha value is -1.71. The lowest BCUT2D eigenvalue weighted by atomic mass is 10.1. The highest BCUT2D eigenvalue weighted by atomic mass is 35.5. The molecule has 0 unspecified atom stereocenters. The fraction of sp³-hybridized carbons (Fsp3) is 0.0714. The molecule has 0 aromatic heterocycles. The molecule has 5 heteroatoms. The number of aryl methyl sites for hydroxylation is 1. The molecule has 0 atom stereocenters. The van der Waals surface area contributed by atoms with Crippen molar-refractivity contribution in [3.05, 3.63) is 57.6 Å². The first-order valence-corrected chi connectivity index (χ1v) is 6.29. The van der Waals surface area contributed by atoms with Gasteiger partial charge in [-0.25, -0.2) is 0 Å². The number of halogens is 2. The molecule has 0 bridgehead atoms. The number of hydrogen-bond acceptors (Lipinski definition) is 2. The molecule has 19 heavy (non-hydrogen) atoms. The summed E-state index contributed by atoms with van der Waals surface area (Å²) < 4.78 is 0. The highest BCUT2D eigenvalue weighted by Gasteiger charge is 2.12. The van der Waals surface area contributed by atoms with Gasteiger partial charge in [0.2, 0.25) is 0 Å². The van der Waals surface area contributed by atoms with Crippen LogP contribution in [0.4, 0.5) is 5.69 Å². The molecule has 0 radical (unpaired) electrons. The summed E-state index contributed by atoms with van der Waals surface area (Å²) in [5.74, 6) is -0.470. The standard InChI is InChI=1S/C14H11Cl2NO2/c1-8-2-5-13(18)10(6-8)14(19)17-9-3-4-11(15)12(16)7-9/h2-7,18H,1H3,(H,17,19). The largest absolute Gasteiger partial charge is 0.507 e. The second kappa shape index (κ2) is 5.51.